The monoisotopic (exact) mass is 269 g/mol. The molecule has 6 nitrogen and oxygen atoms in total. The summed E-state index contributed by atoms with van der Waals surface area (Å²) in [5.74, 6) is 0. The van der Waals surface area contributed by atoms with Gasteiger partial charge in [-0.15, -0.1) is 5.10 Å². The van der Waals surface area contributed by atoms with E-state index >= 15 is 0 Å². The highest BCUT2D eigenvalue weighted by Crippen LogP contribution is 1.98. The number of methoxy groups -OCH3 is 1. The molecule has 6 heteroatoms. The minimum absolute atomic E-state index is 0.416. The van der Waals surface area contributed by atoms with Crippen LogP contribution in [0.2, 0.25) is 0 Å². The second-order valence-corrected chi connectivity index (χ2v) is 4.93. The summed E-state index contributed by atoms with van der Waals surface area (Å²) in [5.41, 5.74) is 1.00. The van der Waals surface area contributed by atoms with Gasteiger partial charge in [0.05, 0.1) is 18.8 Å². The zero-order valence-electron chi connectivity index (χ0n) is 12.6. The molecule has 0 aliphatic heterocycles. The van der Waals surface area contributed by atoms with Crippen LogP contribution in [0.15, 0.2) is 6.20 Å². The fourth-order valence-corrected chi connectivity index (χ4v) is 1.77. The summed E-state index contributed by atoms with van der Waals surface area (Å²) in [6.07, 6.45) is 3.15. The zero-order valence-corrected chi connectivity index (χ0v) is 12.6. The maximum absolute atomic E-state index is 5.15. The number of aromatic nitrogens is 3. The molecule has 1 unspecified atom stereocenters. The topological polar surface area (TPSA) is 55.2 Å². The molecule has 1 aromatic rings. The molecule has 0 amide bonds. The fourth-order valence-electron chi connectivity index (χ4n) is 1.77. The highest BCUT2D eigenvalue weighted by Gasteiger charge is 2.09. The molecule has 0 aromatic carbocycles. The second kappa shape index (κ2) is 9.01. The van der Waals surface area contributed by atoms with Crippen molar-refractivity contribution in [2.45, 2.75) is 39.4 Å². The molecule has 0 bridgehead atoms. The van der Waals surface area contributed by atoms with E-state index in [-0.39, 0.29) is 0 Å². The molecule has 0 aliphatic carbocycles. The van der Waals surface area contributed by atoms with Gasteiger partial charge in [0, 0.05) is 32.4 Å². The van der Waals surface area contributed by atoms with E-state index in [4.69, 9.17) is 4.74 Å². The first-order valence-electron chi connectivity index (χ1n) is 6.96. The first-order chi connectivity index (χ1) is 9.17. The number of hydrogen-bond donors (Lipinski definition) is 1. The Kier molecular flexibility index (Phi) is 7.62. The van der Waals surface area contributed by atoms with Gasteiger partial charge in [-0.1, -0.05) is 12.1 Å². The maximum atomic E-state index is 5.15. The van der Waals surface area contributed by atoms with Crippen molar-refractivity contribution in [1.82, 2.24) is 25.2 Å². The number of ether oxygens (including phenoxy) is 1. The Hall–Kier alpha value is -0.980. The summed E-state index contributed by atoms with van der Waals surface area (Å²) in [6, 6.07) is 0.416. The highest BCUT2D eigenvalue weighted by molar-refractivity contribution is 4.91. The predicted octanol–water partition coefficient (Wildman–Crippen LogP) is 0.744. The predicted molar refractivity (Wildman–Crippen MR) is 76.0 cm³/mol. The van der Waals surface area contributed by atoms with E-state index in [2.05, 4.69) is 41.4 Å². The van der Waals surface area contributed by atoms with Gasteiger partial charge in [-0.05, 0) is 26.9 Å². The van der Waals surface area contributed by atoms with Gasteiger partial charge in [-0.2, -0.15) is 0 Å². The van der Waals surface area contributed by atoms with Gasteiger partial charge in [0.2, 0.25) is 0 Å². The van der Waals surface area contributed by atoms with Crippen molar-refractivity contribution in [1.29, 1.82) is 0 Å². The van der Waals surface area contributed by atoms with Crippen molar-refractivity contribution in [3.05, 3.63) is 11.9 Å². The Labute approximate surface area is 116 Å². The van der Waals surface area contributed by atoms with Gasteiger partial charge in [0.1, 0.15) is 0 Å². The normalized spacial score (nSPS) is 13.1. The number of hydrogen-bond acceptors (Lipinski definition) is 5. The summed E-state index contributed by atoms with van der Waals surface area (Å²) in [6.45, 7) is 8.67. The molecule has 1 atom stereocenters. The Morgan fingerprint density at radius 1 is 1.53 bits per heavy atom. The average molecular weight is 269 g/mol. The molecule has 1 N–H and O–H groups in total. The second-order valence-electron chi connectivity index (χ2n) is 4.93. The molecule has 1 heterocycles. The van der Waals surface area contributed by atoms with Crippen LogP contribution < -0.4 is 5.32 Å². The smallest absolute Gasteiger partial charge is 0.0964 e. The lowest BCUT2D eigenvalue weighted by atomic mass is 10.3. The molecule has 0 radical (unpaired) electrons. The van der Waals surface area contributed by atoms with Crippen molar-refractivity contribution >= 4 is 0 Å². The van der Waals surface area contributed by atoms with Crippen LogP contribution in [0, 0.1) is 0 Å². The van der Waals surface area contributed by atoms with Gasteiger partial charge in [-0.25, -0.2) is 0 Å². The molecular weight excluding hydrogens is 242 g/mol. The van der Waals surface area contributed by atoms with Crippen LogP contribution in [-0.2, 0) is 17.8 Å². The lowest BCUT2D eigenvalue weighted by Gasteiger charge is -2.23. The fraction of sp³-hybridized carbons (Fsp3) is 0.846. The Bertz CT molecular complexity index is 342. The summed E-state index contributed by atoms with van der Waals surface area (Å²) >= 11 is 0. The van der Waals surface area contributed by atoms with Gasteiger partial charge >= 0.3 is 0 Å². The van der Waals surface area contributed by atoms with E-state index in [0.29, 0.717) is 6.04 Å². The molecular formula is C13H27N5O. The minimum Gasteiger partial charge on any atom is -0.383 e. The number of nitrogens with one attached hydrogen (secondary N) is 1. The number of likely N-dealkylation sites (N-methyl/N-ethyl adjacent to an activating group) is 1. The SMILES string of the molecule is CCCNCc1cn(CCN(C)C(C)COC)nn1. The largest absolute Gasteiger partial charge is 0.383 e. The van der Waals surface area contributed by atoms with Crippen molar-refractivity contribution in [2.24, 2.45) is 0 Å². The molecule has 1 aromatic heterocycles. The van der Waals surface area contributed by atoms with Crippen LogP contribution in [0.5, 0.6) is 0 Å². The van der Waals surface area contributed by atoms with Crippen molar-refractivity contribution < 1.29 is 4.74 Å². The Morgan fingerprint density at radius 3 is 3.00 bits per heavy atom. The molecule has 19 heavy (non-hydrogen) atoms. The van der Waals surface area contributed by atoms with E-state index in [1.54, 1.807) is 7.11 Å². The third-order valence-electron chi connectivity index (χ3n) is 3.16. The van der Waals surface area contributed by atoms with Crippen LogP contribution in [0.3, 0.4) is 0 Å². The van der Waals surface area contributed by atoms with Crippen LogP contribution in [-0.4, -0.2) is 59.8 Å². The van der Waals surface area contributed by atoms with Gasteiger partial charge in [0.15, 0.2) is 0 Å². The molecule has 0 fully saturated rings. The van der Waals surface area contributed by atoms with Gasteiger partial charge in [-0.3, -0.25) is 9.58 Å². The zero-order chi connectivity index (χ0) is 14.1. The average Bonchev–Trinajstić information content (AvgIpc) is 2.84. The lowest BCUT2D eigenvalue weighted by Crippen LogP contribution is -2.35. The first kappa shape index (κ1) is 16.1. The molecule has 0 spiro atoms. The summed E-state index contributed by atoms with van der Waals surface area (Å²) < 4.78 is 7.05. The molecule has 0 aliphatic rings. The number of rotatable bonds is 10. The summed E-state index contributed by atoms with van der Waals surface area (Å²) in [7, 11) is 3.83. The van der Waals surface area contributed by atoms with Crippen LogP contribution >= 0.6 is 0 Å². The van der Waals surface area contributed by atoms with E-state index in [0.717, 1.165) is 44.9 Å². The first-order valence-corrected chi connectivity index (χ1v) is 6.96. The Balaban J connectivity index is 2.29. The quantitative estimate of drug-likeness (QED) is 0.635. The van der Waals surface area contributed by atoms with Crippen molar-refractivity contribution in [3.8, 4) is 0 Å². The van der Waals surface area contributed by atoms with E-state index < -0.39 is 0 Å². The van der Waals surface area contributed by atoms with E-state index in [9.17, 15) is 0 Å². The van der Waals surface area contributed by atoms with Crippen molar-refractivity contribution in [2.75, 3.05) is 33.9 Å². The lowest BCUT2D eigenvalue weighted by molar-refractivity contribution is 0.113. The number of nitrogens with zero attached hydrogens (tertiary/aromatic N) is 4. The third-order valence-corrected chi connectivity index (χ3v) is 3.16. The molecule has 1 rings (SSSR count). The van der Waals surface area contributed by atoms with Crippen LogP contribution in [0.4, 0.5) is 0 Å². The summed E-state index contributed by atoms with van der Waals surface area (Å²) in [5, 5.41) is 11.6. The molecule has 0 saturated carbocycles. The van der Waals surface area contributed by atoms with Gasteiger partial charge in [0.25, 0.3) is 0 Å². The minimum atomic E-state index is 0.416. The summed E-state index contributed by atoms with van der Waals surface area (Å²) in [4.78, 5) is 2.26. The maximum Gasteiger partial charge on any atom is 0.0964 e. The Morgan fingerprint density at radius 2 is 2.32 bits per heavy atom. The molecule has 0 saturated heterocycles. The van der Waals surface area contributed by atoms with Crippen molar-refractivity contribution in [3.63, 3.8) is 0 Å². The van der Waals surface area contributed by atoms with Crippen LogP contribution in [0.25, 0.3) is 0 Å². The van der Waals surface area contributed by atoms with Gasteiger partial charge < -0.3 is 10.1 Å². The van der Waals surface area contributed by atoms with E-state index in [1.165, 1.54) is 0 Å². The third kappa shape index (κ3) is 6.13. The highest BCUT2D eigenvalue weighted by atomic mass is 16.5. The molecule has 110 valence electrons. The van der Waals surface area contributed by atoms with E-state index in [1.807, 2.05) is 10.9 Å². The van der Waals surface area contributed by atoms with Crippen LogP contribution in [0.1, 0.15) is 26.0 Å². The standard InChI is InChI=1S/C13H27N5O/c1-5-6-14-9-13-10-18(16-15-13)8-7-17(3)12(2)11-19-4/h10,12,14H,5-9,11H2,1-4H3.